The van der Waals surface area contributed by atoms with E-state index in [1.807, 2.05) is 51.8 Å². The Morgan fingerprint density at radius 1 is 1.13 bits per heavy atom. The minimum atomic E-state index is 0.212. The molecule has 0 bridgehead atoms. The van der Waals surface area contributed by atoms with Crippen LogP contribution < -0.4 is 14.8 Å². The van der Waals surface area contributed by atoms with Gasteiger partial charge in [-0.05, 0) is 25.5 Å². The average molecular weight is 312 g/mol. The van der Waals surface area contributed by atoms with Crippen molar-refractivity contribution in [1.29, 1.82) is 0 Å². The number of hydrogen-bond acceptors (Lipinski definition) is 4. The van der Waals surface area contributed by atoms with Crippen LogP contribution in [-0.4, -0.2) is 38.3 Å². The maximum atomic E-state index is 10.3. The van der Waals surface area contributed by atoms with Gasteiger partial charge in [0, 0.05) is 31.9 Å². The molecule has 0 unspecified atom stereocenters. The second kappa shape index (κ2) is 5.26. The van der Waals surface area contributed by atoms with Crippen molar-refractivity contribution >= 4 is 16.8 Å². The molecule has 23 heavy (non-hydrogen) atoms. The van der Waals surface area contributed by atoms with Gasteiger partial charge in [0.1, 0.15) is 25.3 Å². The Morgan fingerprint density at radius 2 is 1.83 bits per heavy atom. The predicted molar refractivity (Wildman–Crippen MR) is 93.2 cm³/mol. The van der Waals surface area contributed by atoms with Crippen LogP contribution in [0.25, 0.3) is 22.6 Å². The Bertz CT molecular complexity index is 951. The summed E-state index contributed by atoms with van der Waals surface area (Å²) < 4.78 is 8.02. The number of phenols is 1. The van der Waals surface area contributed by atoms with Crippen LogP contribution in [0.15, 0.2) is 22.6 Å². The van der Waals surface area contributed by atoms with Crippen molar-refractivity contribution < 1.29 is 9.52 Å². The van der Waals surface area contributed by atoms with E-state index in [1.54, 1.807) is 6.07 Å². The molecule has 0 radical (unpaired) electrons. The number of aromatic hydroxyl groups is 1. The minimum absolute atomic E-state index is 0.212. The highest BCUT2D eigenvalue weighted by Crippen LogP contribution is 2.31. The number of anilines is 1. The molecule has 2 aliphatic rings. The summed E-state index contributed by atoms with van der Waals surface area (Å²) >= 11 is 0. The zero-order valence-electron chi connectivity index (χ0n) is 14.4. The number of aryl methyl sites for hydroxylation is 1. The number of hydrogen-bond donors (Lipinski definition) is 1. The van der Waals surface area contributed by atoms with Crippen molar-refractivity contribution in [2.24, 2.45) is 0 Å². The molecule has 1 aromatic carbocycles. The van der Waals surface area contributed by atoms with Crippen LogP contribution >= 0.6 is 0 Å². The van der Waals surface area contributed by atoms with E-state index in [2.05, 4.69) is 16.8 Å². The number of benzene rings is 2. The van der Waals surface area contributed by atoms with E-state index in [0.29, 0.717) is 11.5 Å². The van der Waals surface area contributed by atoms with Gasteiger partial charge in [-0.15, -0.1) is 0 Å². The molecule has 120 valence electrons. The summed E-state index contributed by atoms with van der Waals surface area (Å²) in [5.41, 5.74) is 5.31. The van der Waals surface area contributed by atoms with Crippen LogP contribution in [0.3, 0.4) is 0 Å². The summed E-state index contributed by atoms with van der Waals surface area (Å²) in [6.45, 7) is 3.99. The van der Waals surface area contributed by atoms with Gasteiger partial charge < -0.3 is 14.4 Å². The zero-order chi connectivity index (χ0) is 16.9. The molecule has 5 heteroatoms. The third kappa shape index (κ3) is 2.42. The third-order valence-electron chi connectivity index (χ3n) is 4.10. The second-order valence-electron chi connectivity index (χ2n) is 6.33. The van der Waals surface area contributed by atoms with Crippen LogP contribution in [0.1, 0.15) is 11.1 Å². The van der Waals surface area contributed by atoms with Gasteiger partial charge in [0.25, 0.3) is 0 Å². The minimum Gasteiger partial charge on any atom is -0.502 e. The van der Waals surface area contributed by atoms with Crippen molar-refractivity contribution in [3.05, 3.63) is 34.7 Å². The first-order valence-corrected chi connectivity index (χ1v) is 7.55. The van der Waals surface area contributed by atoms with E-state index >= 15 is 0 Å². The topological polar surface area (TPSA) is 52.5 Å². The fraction of sp³-hybridized carbons (Fsp3) is 0.333. The summed E-state index contributed by atoms with van der Waals surface area (Å²) in [5, 5.41) is 11.0. The van der Waals surface area contributed by atoms with Crippen LogP contribution in [-0.2, 0) is 0 Å². The van der Waals surface area contributed by atoms with E-state index in [9.17, 15) is 5.11 Å². The highest BCUT2D eigenvalue weighted by atomic mass is 16.3. The van der Waals surface area contributed by atoms with Gasteiger partial charge in [0.15, 0.2) is 17.1 Å². The van der Waals surface area contributed by atoms with Crippen molar-refractivity contribution in [3.8, 4) is 17.2 Å². The molecule has 0 aromatic heterocycles. The molecule has 1 heterocycles. The van der Waals surface area contributed by atoms with E-state index < -0.39 is 0 Å². The number of fused-ring (bicyclic) bond motifs is 2. The highest BCUT2D eigenvalue weighted by Gasteiger charge is 2.20. The van der Waals surface area contributed by atoms with Crippen molar-refractivity contribution in [2.75, 3.05) is 33.1 Å². The SMILES string of the molecule is Cc1cc2nc3cc(O)c(=[N+](C)C)c(C)c-3oc2cc1N(C)C. The molecule has 0 saturated carbocycles. The molecule has 1 aromatic rings. The van der Waals surface area contributed by atoms with Crippen LogP contribution in [0, 0.1) is 13.8 Å². The van der Waals surface area contributed by atoms with Crippen LogP contribution in [0.5, 0.6) is 5.75 Å². The summed E-state index contributed by atoms with van der Waals surface area (Å²) in [6.07, 6.45) is 0. The molecule has 1 aliphatic carbocycles. The van der Waals surface area contributed by atoms with Gasteiger partial charge in [-0.2, -0.15) is 0 Å². The zero-order valence-corrected chi connectivity index (χ0v) is 14.4. The lowest BCUT2D eigenvalue weighted by Crippen LogP contribution is -2.25. The molecule has 1 N–H and O–H groups in total. The lowest BCUT2D eigenvalue weighted by atomic mass is 10.1. The maximum absolute atomic E-state index is 10.3. The molecule has 3 rings (SSSR count). The first-order chi connectivity index (χ1) is 10.8. The summed E-state index contributed by atoms with van der Waals surface area (Å²) in [5.74, 6) is 0.913. The fourth-order valence-electron chi connectivity index (χ4n) is 3.08. The molecule has 0 atom stereocenters. The molecule has 0 saturated heterocycles. The lowest BCUT2D eigenvalue weighted by molar-refractivity contribution is 0.459. The van der Waals surface area contributed by atoms with Gasteiger partial charge in [-0.3, -0.25) is 0 Å². The van der Waals surface area contributed by atoms with Crippen molar-refractivity contribution in [3.63, 3.8) is 0 Å². The number of aromatic nitrogens is 1. The third-order valence-corrected chi connectivity index (χ3v) is 4.10. The first-order valence-electron chi connectivity index (χ1n) is 7.55. The quantitative estimate of drug-likeness (QED) is 0.553. The number of nitrogens with zero attached hydrogens (tertiary/aromatic N) is 3. The summed E-state index contributed by atoms with van der Waals surface area (Å²) in [6, 6.07) is 5.69. The Kier molecular flexibility index (Phi) is 3.51. The molecule has 0 spiro atoms. The molecule has 1 aliphatic heterocycles. The Labute approximate surface area is 135 Å². The Hall–Kier alpha value is -2.56. The average Bonchev–Trinajstić information content (AvgIpc) is 2.44. The smallest absolute Gasteiger partial charge is 0.248 e. The maximum Gasteiger partial charge on any atom is 0.248 e. The number of rotatable bonds is 1. The monoisotopic (exact) mass is 312 g/mol. The van der Waals surface area contributed by atoms with E-state index in [0.717, 1.165) is 33.3 Å². The Morgan fingerprint density at radius 3 is 2.43 bits per heavy atom. The normalized spacial score (nSPS) is 11.2. The van der Waals surface area contributed by atoms with Gasteiger partial charge in [0.05, 0.1) is 5.56 Å². The van der Waals surface area contributed by atoms with Gasteiger partial charge in [-0.25, -0.2) is 9.56 Å². The van der Waals surface area contributed by atoms with Crippen LogP contribution in [0.2, 0.25) is 0 Å². The molecule has 0 amide bonds. The van der Waals surface area contributed by atoms with E-state index in [1.165, 1.54) is 0 Å². The molecule has 5 nitrogen and oxygen atoms in total. The predicted octanol–water partition coefficient (Wildman–Crippen LogP) is 2.35. The Balaban J connectivity index is 2.45. The van der Waals surface area contributed by atoms with Crippen molar-refractivity contribution in [2.45, 2.75) is 13.8 Å². The van der Waals surface area contributed by atoms with Gasteiger partial charge in [-0.1, -0.05) is 0 Å². The summed E-state index contributed by atoms with van der Waals surface area (Å²) in [7, 11) is 7.82. The highest BCUT2D eigenvalue weighted by molar-refractivity contribution is 5.82. The second-order valence-corrected chi connectivity index (χ2v) is 6.33. The summed E-state index contributed by atoms with van der Waals surface area (Å²) in [4.78, 5) is 6.73. The largest absolute Gasteiger partial charge is 0.502 e. The standard InChI is InChI=1S/C18H21N3O2/c1-10-7-12-16(9-14(10)20(3)4)23-18-11(2)17(21(5)6)15(22)8-13(18)19-12/h7-9H,1-6H3/p+1. The van der Waals surface area contributed by atoms with Crippen LogP contribution in [0.4, 0.5) is 5.69 Å². The number of phenolic OH excluding ortho intramolecular Hbond substituents is 1. The lowest BCUT2D eigenvalue weighted by Gasteiger charge is -2.17. The van der Waals surface area contributed by atoms with Gasteiger partial charge >= 0.3 is 0 Å². The molecular weight excluding hydrogens is 290 g/mol. The van der Waals surface area contributed by atoms with Gasteiger partial charge in [0.2, 0.25) is 5.36 Å². The van der Waals surface area contributed by atoms with E-state index in [4.69, 9.17) is 4.42 Å². The molecule has 0 fully saturated rings. The molecular formula is C18H22N3O2+. The van der Waals surface area contributed by atoms with E-state index in [-0.39, 0.29) is 5.75 Å². The van der Waals surface area contributed by atoms with Crippen molar-refractivity contribution in [1.82, 2.24) is 9.56 Å². The first kappa shape index (κ1) is 15.3. The fourth-order valence-corrected chi connectivity index (χ4v) is 3.08.